The van der Waals surface area contributed by atoms with Crippen LogP contribution in [-0.2, 0) is 9.59 Å². The molecule has 2 heteroatoms. The van der Waals surface area contributed by atoms with Gasteiger partial charge in [-0.2, -0.15) is 0 Å². The van der Waals surface area contributed by atoms with E-state index < -0.39 is 0 Å². The van der Waals surface area contributed by atoms with Crippen LogP contribution in [0, 0.1) is 22.7 Å². The third-order valence-electron chi connectivity index (χ3n) is 5.99. The number of allylic oxidation sites excluding steroid dienone is 2. The van der Waals surface area contributed by atoms with Gasteiger partial charge in [0.25, 0.3) is 0 Å². The molecule has 3 rings (SSSR count). The molecule has 2 fully saturated rings. The van der Waals surface area contributed by atoms with Crippen LogP contribution in [0.4, 0.5) is 0 Å². The van der Waals surface area contributed by atoms with Gasteiger partial charge < -0.3 is 0 Å². The van der Waals surface area contributed by atoms with Crippen molar-refractivity contribution in [3.63, 3.8) is 0 Å². The number of rotatable bonds is 0. The lowest BCUT2D eigenvalue weighted by molar-refractivity contribution is -0.125. The molecule has 0 radical (unpaired) electrons. The number of hydrogen-bond donors (Lipinski definition) is 0. The quantitative estimate of drug-likeness (QED) is 0.643. The normalized spacial score (nSPS) is 43.3. The molecule has 0 aromatic carbocycles. The van der Waals surface area contributed by atoms with E-state index in [1.807, 2.05) is 6.92 Å². The van der Waals surface area contributed by atoms with Crippen molar-refractivity contribution in [2.24, 2.45) is 22.7 Å². The maximum absolute atomic E-state index is 12.6. The van der Waals surface area contributed by atoms with E-state index in [9.17, 15) is 9.59 Å². The minimum atomic E-state index is -0.145. The Balaban J connectivity index is 2.33. The van der Waals surface area contributed by atoms with Crippen LogP contribution in [0.3, 0.4) is 0 Å². The summed E-state index contributed by atoms with van der Waals surface area (Å²) < 4.78 is 0. The van der Waals surface area contributed by atoms with Gasteiger partial charge in [0.05, 0.1) is 0 Å². The molecule has 92 valence electrons. The van der Waals surface area contributed by atoms with Gasteiger partial charge in [0.15, 0.2) is 11.6 Å². The van der Waals surface area contributed by atoms with Crippen LogP contribution in [0.15, 0.2) is 11.1 Å². The minimum absolute atomic E-state index is 0.0372. The lowest BCUT2D eigenvalue weighted by atomic mass is 9.53. The van der Waals surface area contributed by atoms with Crippen molar-refractivity contribution < 1.29 is 9.59 Å². The van der Waals surface area contributed by atoms with Crippen LogP contribution in [0.2, 0.25) is 0 Å². The highest BCUT2D eigenvalue weighted by Crippen LogP contribution is 2.70. The summed E-state index contributed by atoms with van der Waals surface area (Å²) in [7, 11) is 0. The topological polar surface area (TPSA) is 34.1 Å². The number of carbonyl (C=O) groups is 2. The lowest BCUT2D eigenvalue weighted by Gasteiger charge is -2.49. The van der Waals surface area contributed by atoms with Crippen LogP contribution >= 0.6 is 0 Å². The van der Waals surface area contributed by atoms with E-state index in [0.717, 1.165) is 24.0 Å². The Hall–Kier alpha value is -0.920. The highest BCUT2D eigenvalue weighted by atomic mass is 16.1. The molecule has 3 aliphatic rings. The smallest absolute Gasteiger partial charge is 0.163 e. The van der Waals surface area contributed by atoms with Gasteiger partial charge >= 0.3 is 0 Å². The minimum Gasteiger partial charge on any atom is -0.295 e. The Morgan fingerprint density at radius 3 is 2.47 bits per heavy atom. The zero-order valence-corrected chi connectivity index (χ0v) is 11.1. The number of Topliss-reactive ketones (excluding diaryl/α,β-unsaturated/α-hetero) is 2. The molecule has 0 saturated heterocycles. The SMILES string of the molecule is CC1=C2C(=O)C3CCC(C)C2(CC1=O)C3(C)C. The molecule has 1 spiro atoms. The van der Waals surface area contributed by atoms with E-state index in [2.05, 4.69) is 20.8 Å². The van der Waals surface area contributed by atoms with Crippen molar-refractivity contribution in [2.75, 3.05) is 0 Å². The summed E-state index contributed by atoms with van der Waals surface area (Å²) in [5.41, 5.74) is 1.49. The van der Waals surface area contributed by atoms with Gasteiger partial charge in [-0.15, -0.1) is 0 Å². The molecule has 0 aromatic rings. The zero-order chi connectivity index (χ0) is 12.6. The summed E-state index contributed by atoms with van der Waals surface area (Å²) in [6, 6.07) is 0. The van der Waals surface area contributed by atoms with Gasteiger partial charge in [-0.25, -0.2) is 0 Å². The number of carbonyl (C=O) groups excluding carboxylic acids is 2. The summed E-state index contributed by atoms with van der Waals surface area (Å²) in [5, 5.41) is 0. The fourth-order valence-electron chi connectivity index (χ4n) is 4.93. The Morgan fingerprint density at radius 1 is 1.18 bits per heavy atom. The highest BCUT2D eigenvalue weighted by Gasteiger charge is 2.69. The van der Waals surface area contributed by atoms with Crippen LogP contribution in [-0.4, -0.2) is 11.6 Å². The van der Waals surface area contributed by atoms with Gasteiger partial charge in [-0.1, -0.05) is 20.8 Å². The zero-order valence-electron chi connectivity index (χ0n) is 11.1. The molecule has 3 atom stereocenters. The molecule has 3 aliphatic carbocycles. The Labute approximate surface area is 102 Å². The summed E-state index contributed by atoms with van der Waals surface area (Å²) in [6.07, 6.45) is 2.66. The van der Waals surface area contributed by atoms with Crippen LogP contribution in [0.5, 0.6) is 0 Å². The summed E-state index contributed by atoms with van der Waals surface area (Å²) in [6.45, 7) is 8.48. The molecule has 2 bridgehead atoms. The van der Waals surface area contributed by atoms with Gasteiger partial charge in [0.2, 0.25) is 0 Å². The third kappa shape index (κ3) is 0.951. The Kier molecular flexibility index (Phi) is 1.91. The van der Waals surface area contributed by atoms with E-state index in [1.54, 1.807) is 0 Å². The lowest BCUT2D eigenvalue weighted by Crippen LogP contribution is -2.45. The second-order valence-corrected chi connectivity index (χ2v) is 6.69. The molecule has 2 nitrogen and oxygen atoms in total. The van der Waals surface area contributed by atoms with Gasteiger partial charge in [-0.3, -0.25) is 9.59 Å². The molecule has 0 aromatic heterocycles. The maximum atomic E-state index is 12.6. The first-order valence-corrected chi connectivity index (χ1v) is 6.63. The van der Waals surface area contributed by atoms with Gasteiger partial charge in [0.1, 0.15) is 0 Å². The molecular weight excluding hydrogens is 212 g/mol. The fourth-order valence-corrected chi connectivity index (χ4v) is 4.93. The van der Waals surface area contributed by atoms with Crippen molar-refractivity contribution in [1.82, 2.24) is 0 Å². The number of ketones is 2. The largest absolute Gasteiger partial charge is 0.295 e. The van der Waals surface area contributed by atoms with E-state index >= 15 is 0 Å². The average molecular weight is 232 g/mol. The van der Waals surface area contributed by atoms with Crippen molar-refractivity contribution in [3.8, 4) is 0 Å². The molecule has 2 saturated carbocycles. The molecule has 3 unspecified atom stereocenters. The predicted octanol–water partition coefficient (Wildman–Crippen LogP) is 2.92. The first-order chi connectivity index (χ1) is 7.84. The van der Waals surface area contributed by atoms with Gasteiger partial charge in [0, 0.05) is 23.3 Å². The molecule has 0 heterocycles. The molecular formula is C15H20O2. The highest BCUT2D eigenvalue weighted by molar-refractivity contribution is 6.14. The fraction of sp³-hybridized carbons (Fsp3) is 0.733. The Bertz CT molecular complexity index is 469. The predicted molar refractivity (Wildman–Crippen MR) is 65.4 cm³/mol. The monoisotopic (exact) mass is 232 g/mol. The van der Waals surface area contributed by atoms with Crippen molar-refractivity contribution in [3.05, 3.63) is 11.1 Å². The van der Waals surface area contributed by atoms with E-state index in [0.29, 0.717) is 12.3 Å². The van der Waals surface area contributed by atoms with E-state index in [1.165, 1.54) is 0 Å². The summed E-state index contributed by atoms with van der Waals surface area (Å²) in [4.78, 5) is 24.6. The first-order valence-electron chi connectivity index (χ1n) is 6.63. The van der Waals surface area contributed by atoms with Crippen LogP contribution in [0.25, 0.3) is 0 Å². The molecule has 17 heavy (non-hydrogen) atoms. The van der Waals surface area contributed by atoms with Gasteiger partial charge in [-0.05, 0) is 36.7 Å². The van der Waals surface area contributed by atoms with E-state index in [4.69, 9.17) is 0 Å². The second-order valence-electron chi connectivity index (χ2n) is 6.69. The van der Waals surface area contributed by atoms with E-state index in [-0.39, 0.29) is 28.3 Å². The molecule has 0 aliphatic heterocycles. The number of hydrogen-bond acceptors (Lipinski definition) is 2. The van der Waals surface area contributed by atoms with Crippen molar-refractivity contribution >= 4 is 11.6 Å². The maximum Gasteiger partial charge on any atom is 0.163 e. The summed E-state index contributed by atoms with van der Waals surface area (Å²) >= 11 is 0. The molecule has 0 amide bonds. The molecule has 0 N–H and O–H groups in total. The third-order valence-corrected chi connectivity index (χ3v) is 5.99. The first kappa shape index (κ1) is 11.2. The van der Waals surface area contributed by atoms with Crippen molar-refractivity contribution in [1.29, 1.82) is 0 Å². The average Bonchev–Trinajstić information content (AvgIpc) is 2.53. The number of fused-ring (bicyclic) bond motifs is 1. The second kappa shape index (κ2) is 2.90. The standard InChI is InChI=1S/C15H20O2/c1-8-5-6-10-13(17)12-9(2)11(16)7-15(8,12)14(10,3)4/h8,10H,5-7H2,1-4H3. The summed E-state index contributed by atoms with van der Waals surface area (Å²) in [5.74, 6) is 1.09. The van der Waals surface area contributed by atoms with Crippen LogP contribution < -0.4 is 0 Å². The van der Waals surface area contributed by atoms with Crippen molar-refractivity contribution in [2.45, 2.75) is 47.0 Å². The Morgan fingerprint density at radius 2 is 1.82 bits per heavy atom. The van der Waals surface area contributed by atoms with Crippen LogP contribution in [0.1, 0.15) is 47.0 Å².